The molecule has 1 aliphatic heterocycles. The second-order valence-electron chi connectivity index (χ2n) is 7.75. The Hall–Kier alpha value is -3.12. The molecule has 0 atom stereocenters. The highest BCUT2D eigenvalue weighted by Crippen LogP contribution is 2.23. The lowest BCUT2D eigenvalue weighted by atomic mass is 10.0. The van der Waals surface area contributed by atoms with Crippen molar-refractivity contribution in [2.45, 2.75) is 32.4 Å². The lowest BCUT2D eigenvalue weighted by Gasteiger charge is -2.34. The molecule has 6 heteroatoms. The maximum absolute atomic E-state index is 4.57. The van der Waals surface area contributed by atoms with E-state index in [4.69, 9.17) is 0 Å². The molecule has 0 saturated carbocycles. The van der Waals surface area contributed by atoms with Crippen LogP contribution in [0.5, 0.6) is 0 Å². The molecule has 29 heavy (non-hydrogen) atoms. The first-order chi connectivity index (χ1) is 14.3. The zero-order valence-electron chi connectivity index (χ0n) is 16.7. The van der Waals surface area contributed by atoms with Crippen LogP contribution in [-0.2, 0) is 6.54 Å². The molecular formula is C23H26N6. The molecule has 0 radical (unpaired) electrons. The van der Waals surface area contributed by atoms with Crippen LogP contribution in [0, 0.1) is 6.92 Å². The van der Waals surface area contributed by atoms with E-state index >= 15 is 0 Å². The number of rotatable bonds is 5. The van der Waals surface area contributed by atoms with Crippen LogP contribution in [0.15, 0.2) is 67.3 Å². The monoisotopic (exact) mass is 386 g/mol. The first-order valence-corrected chi connectivity index (χ1v) is 10.3. The maximum Gasteiger partial charge on any atom is 0.139 e. The van der Waals surface area contributed by atoms with Crippen LogP contribution < -0.4 is 10.2 Å². The predicted molar refractivity (Wildman–Crippen MR) is 116 cm³/mol. The molecule has 1 N–H and O–H groups in total. The summed E-state index contributed by atoms with van der Waals surface area (Å²) in [5.41, 5.74) is 5.86. The average Bonchev–Trinajstić information content (AvgIpc) is 3.44. The van der Waals surface area contributed by atoms with Crippen LogP contribution in [0.25, 0.3) is 11.3 Å². The minimum atomic E-state index is 0.538. The van der Waals surface area contributed by atoms with Crippen molar-refractivity contribution >= 4 is 11.3 Å². The van der Waals surface area contributed by atoms with Crippen molar-refractivity contribution in [3.05, 3.63) is 78.5 Å². The zero-order chi connectivity index (χ0) is 19.6. The molecule has 0 bridgehead atoms. The first-order valence-electron chi connectivity index (χ1n) is 10.3. The molecular weight excluding hydrogens is 360 g/mol. The van der Waals surface area contributed by atoms with Crippen molar-refractivity contribution in [2.75, 3.05) is 18.0 Å². The van der Waals surface area contributed by atoms with Crippen molar-refractivity contribution < 1.29 is 0 Å². The summed E-state index contributed by atoms with van der Waals surface area (Å²) in [6.45, 7) is 5.08. The molecule has 0 aliphatic carbocycles. The number of piperidine rings is 1. The van der Waals surface area contributed by atoms with Gasteiger partial charge in [-0.3, -0.25) is 0 Å². The number of aromatic nitrogens is 4. The fourth-order valence-electron chi connectivity index (χ4n) is 4.18. The smallest absolute Gasteiger partial charge is 0.139 e. The van der Waals surface area contributed by atoms with E-state index in [9.17, 15) is 0 Å². The molecule has 4 heterocycles. The van der Waals surface area contributed by atoms with Crippen molar-refractivity contribution in [1.29, 1.82) is 0 Å². The van der Waals surface area contributed by atoms with E-state index in [1.165, 1.54) is 16.9 Å². The molecule has 3 aromatic heterocycles. The van der Waals surface area contributed by atoms with Crippen LogP contribution in [0.3, 0.4) is 0 Å². The van der Waals surface area contributed by atoms with E-state index in [2.05, 4.69) is 74.2 Å². The van der Waals surface area contributed by atoms with E-state index in [-0.39, 0.29) is 0 Å². The van der Waals surface area contributed by atoms with Gasteiger partial charge in [-0.2, -0.15) is 5.10 Å². The number of hydrogen-bond donors (Lipinski definition) is 1. The number of nitrogens with one attached hydrogen (secondary N) is 1. The van der Waals surface area contributed by atoms with Gasteiger partial charge < -0.3 is 14.6 Å². The topological polar surface area (TPSA) is 50.4 Å². The Bertz CT molecular complexity index is 1090. The van der Waals surface area contributed by atoms with Gasteiger partial charge in [0, 0.05) is 50.0 Å². The molecule has 148 valence electrons. The summed E-state index contributed by atoms with van der Waals surface area (Å²) in [7, 11) is 0. The van der Waals surface area contributed by atoms with Crippen molar-refractivity contribution in [2.24, 2.45) is 0 Å². The zero-order valence-corrected chi connectivity index (χ0v) is 16.7. The first kappa shape index (κ1) is 17.9. The molecule has 0 unspecified atom stereocenters. The van der Waals surface area contributed by atoms with Crippen molar-refractivity contribution in [3.8, 4) is 5.69 Å². The van der Waals surface area contributed by atoms with Crippen molar-refractivity contribution in [1.82, 2.24) is 24.5 Å². The third kappa shape index (κ3) is 3.63. The van der Waals surface area contributed by atoms with Crippen LogP contribution in [0.4, 0.5) is 5.69 Å². The Morgan fingerprint density at radius 2 is 1.90 bits per heavy atom. The average molecular weight is 387 g/mol. The number of hydrogen-bond acceptors (Lipinski definition) is 4. The summed E-state index contributed by atoms with van der Waals surface area (Å²) in [5, 5.41) is 8.08. The van der Waals surface area contributed by atoms with E-state index < -0.39 is 0 Å². The van der Waals surface area contributed by atoms with Gasteiger partial charge in [0.2, 0.25) is 0 Å². The lowest BCUT2D eigenvalue weighted by molar-refractivity contribution is 0.411. The molecule has 6 nitrogen and oxygen atoms in total. The van der Waals surface area contributed by atoms with E-state index in [0.717, 1.165) is 43.8 Å². The molecule has 1 aliphatic rings. The SMILES string of the molecule is Cc1cccn2c(CNC3CCN(c4cccc(-n5cccn5)c4)CC3)cnc12. The van der Waals surface area contributed by atoms with E-state index in [0.29, 0.717) is 6.04 Å². The Morgan fingerprint density at radius 3 is 2.72 bits per heavy atom. The number of fused-ring (bicyclic) bond motifs is 1. The summed E-state index contributed by atoms with van der Waals surface area (Å²) in [6, 6.07) is 15.3. The summed E-state index contributed by atoms with van der Waals surface area (Å²) in [5.74, 6) is 0. The molecule has 5 rings (SSSR count). The standard InChI is InChI=1S/C23H26N6/c1-18-5-3-11-28-22(17-25-23(18)28)16-24-19-8-13-27(14-9-19)20-6-2-7-21(15-20)29-12-4-10-26-29/h2-7,10-12,15,17,19,24H,8-9,13-14,16H2,1H3. The third-order valence-electron chi connectivity index (χ3n) is 5.84. The number of pyridine rings is 1. The number of nitrogens with zero attached hydrogens (tertiary/aromatic N) is 5. The highest BCUT2D eigenvalue weighted by molar-refractivity contribution is 5.53. The summed E-state index contributed by atoms with van der Waals surface area (Å²) >= 11 is 0. The second kappa shape index (κ2) is 7.72. The molecule has 1 saturated heterocycles. The molecule has 0 spiro atoms. The van der Waals surface area contributed by atoms with Crippen LogP contribution in [-0.4, -0.2) is 38.3 Å². The molecule has 0 amide bonds. The van der Waals surface area contributed by atoms with Crippen molar-refractivity contribution in [3.63, 3.8) is 0 Å². The minimum Gasteiger partial charge on any atom is -0.371 e. The Kier molecular flexibility index (Phi) is 4.77. The second-order valence-corrected chi connectivity index (χ2v) is 7.75. The third-order valence-corrected chi connectivity index (χ3v) is 5.84. The van der Waals surface area contributed by atoms with Crippen LogP contribution >= 0.6 is 0 Å². The fourth-order valence-corrected chi connectivity index (χ4v) is 4.18. The van der Waals surface area contributed by atoms with Gasteiger partial charge in [0.15, 0.2) is 0 Å². The van der Waals surface area contributed by atoms with Crippen LogP contribution in [0.2, 0.25) is 0 Å². The van der Waals surface area contributed by atoms with Gasteiger partial charge in [-0.1, -0.05) is 12.1 Å². The van der Waals surface area contributed by atoms with Crippen LogP contribution in [0.1, 0.15) is 24.1 Å². The van der Waals surface area contributed by atoms with Gasteiger partial charge in [0.25, 0.3) is 0 Å². The van der Waals surface area contributed by atoms with E-state index in [1.54, 1.807) is 0 Å². The lowest BCUT2D eigenvalue weighted by Crippen LogP contribution is -2.42. The number of benzene rings is 1. The quantitative estimate of drug-likeness (QED) is 0.570. The van der Waals surface area contributed by atoms with Gasteiger partial charge in [-0.25, -0.2) is 9.67 Å². The Morgan fingerprint density at radius 1 is 1.03 bits per heavy atom. The van der Waals surface area contributed by atoms with E-state index in [1.807, 2.05) is 29.3 Å². The normalized spacial score (nSPS) is 15.3. The largest absolute Gasteiger partial charge is 0.371 e. The highest BCUT2D eigenvalue weighted by Gasteiger charge is 2.20. The van der Waals surface area contributed by atoms with Gasteiger partial charge in [0.05, 0.1) is 17.6 Å². The van der Waals surface area contributed by atoms with Gasteiger partial charge >= 0.3 is 0 Å². The minimum absolute atomic E-state index is 0.538. The Labute approximate surface area is 170 Å². The highest BCUT2D eigenvalue weighted by atomic mass is 15.3. The van der Waals surface area contributed by atoms with Gasteiger partial charge in [-0.15, -0.1) is 0 Å². The Balaban J connectivity index is 1.20. The molecule has 4 aromatic rings. The number of imidazole rings is 1. The maximum atomic E-state index is 4.57. The van der Waals surface area contributed by atoms with Gasteiger partial charge in [-0.05, 0) is 55.7 Å². The number of anilines is 1. The number of aryl methyl sites for hydroxylation is 1. The van der Waals surface area contributed by atoms with Gasteiger partial charge in [0.1, 0.15) is 5.65 Å². The summed E-state index contributed by atoms with van der Waals surface area (Å²) in [4.78, 5) is 7.05. The predicted octanol–water partition coefficient (Wildman–Crippen LogP) is 3.59. The summed E-state index contributed by atoms with van der Waals surface area (Å²) < 4.78 is 4.10. The molecule has 1 aromatic carbocycles. The summed E-state index contributed by atoms with van der Waals surface area (Å²) in [6.07, 6.45) is 10.2. The fraction of sp³-hybridized carbons (Fsp3) is 0.304. The molecule has 1 fully saturated rings.